The summed E-state index contributed by atoms with van der Waals surface area (Å²) in [6, 6.07) is 2.00. The van der Waals surface area contributed by atoms with Crippen LogP contribution in [0.4, 0.5) is 17.5 Å². The summed E-state index contributed by atoms with van der Waals surface area (Å²) < 4.78 is 0. The van der Waals surface area contributed by atoms with Gasteiger partial charge < -0.3 is 21.3 Å². The summed E-state index contributed by atoms with van der Waals surface area (Å²) >= 11 is 9.89. The number of piperidine rings is 1. The van der Waals surface area contributed by atoms with Gasteiger partial charge in [0, 0.05) is 48.2 Å². The van der Waals surface area contributed by atoms with Crippen LogP contribution in [0.15, 0.2) is 27.7 Å². The second-order valence-electron chi connectivity index (χ2n) is 9.73. The number of rotatable bonds is 4. The third-order valence-corrected chi connectivity index (χ3v) is 10.2. The Morgan fingerprint density at radius 1 is 1.09 bits per heavy atom. The van der Waals surface area contributed by atoms with Crippen molar-refractivity contribution in [3.05, 3.63) is 39.1 Å². The number of aromatic nitrogens is 4. The van der Waals surface area contributed by atoms with Crippen LogP contribution in [0.1, 0.15) is 48.0 Å². The van der Waals surface area contributed by atoms with Gasteiger partial charge >= 0.3 is 0 Å². The Labute approximate surface area is 218 Å². The van der Waals surface area contributed by atoms with E-state index in [1.54, 1.807) is 17.5 Å². The maximum atomic E-state index is 6.74. The smallest absolute Gasteiger partial charge is 0.158 e. The summed E-state index contributed by atoms with van der Waals surface area (Å²) in [6.45, 7) is 5.76. The van der Waals surface area contributed by atoms with Crippen LogP contribution in [0.2, 0.25) is 5.02 Å². The van der Waals surface area contributed by atoms with Gasteiger partial charge in [0.1, 0.15) is 10.8 Å². The summed E-state index contributed by atoms with van der Waals surface area (Å²) in [6.07, 6.45) is 7.16. The van der Waals surface area contributed by atoms with E-state index in [0.29, 0.717) is 15.9 Å². The van der Waals surface area contributed by atoms with Crippen LogP contribution < -0.4 is 21.3 Å². The van der Waals surface area contributed by atoms with Gasteiger partial charge in [0.05, 0.1) is 21.9 Å². The number of nitrogens with two attached hydrogens (primary N) is 2. The maximum Gasteiger partial charge on any atom is 0.158 e. The number of fused-ring (bicyclic) bond motifs is 1. The zero-order valence-corrected chi connectivity index (χ0v) is 22.1. The number of nitrogen functional groups attached to an aromatic ring is 1. The molecule has 2 aliphatic heterocycles. The predicted octanol–water partition coefficient (Wildman–Crippen LogP) is 4.47. The number of aryl methyl sites for hydroxylation is 1. The van der Waals surface area contributed by atoms with Crippen molar-refractivity contribution in [1.82, 2.24) is 19.9 Å². The first kappa shape index (κ1) is 23.3. The summed E-state index contributed by atoms with van der Waals surface area (Å²) in [5.74, 6) is 2.13. The van der Waals surface area contributed by atoms with E-state index in [1.807, 2.05) is 18.5 Å². The van der Waals surface area contributed by atoms with Crippen LogP contribution in [0.25, 0.3) is 0 Å². The minimum atomic E-state index is 0.0822. The molecule has 3 aliphatic rings. The molecule has 0 bridgehead atoms. The maximum absolute atomic E-state index is 6.74. The minimum Gasteiger partial charge on any atom is -0.381 e. The number of pyridine rings is 1. The molecule has 8 nitrogen and oxygen atoms in total. The quantitative estimate of drug-likeness (QED) is 0.506. The Kier molecular flexibility index (Phi) is 6.03. The molecule has 35 heavy (non-hydrogen) atoms. The second kappa shape index (κ2) is 9.06. The molecule has 1 spiro atoms. The summed E-state index contributed by atoms with van der Waals surface area (Å²) in [5, 5.41) is 1.33. The molecule has 11 heteroatoms. The van der Waals surface area contributed by atoms with Gasteiger partial charge in [0.15, 0.2) is 11.6 Å². The SMILES string of the molecule is Cc1nc(Sc2ccnc(N3CCCC3)c2Cl)c(N)nc1N1CCC2(CC1)Cc1ncsc1[C@H]2N. The van der Waals surface area contributed by atoms with Crippen molar-refractivity contribution in [3.8, 4) is 0 Å². The number of hydrogen-bond acceptors (Lipinski definition) is 10. The van der Waals surface area contributed by atoms with E-state index >= 15 is 0 Å². The van der Waals surface area contributed by atoms with Crippen molar-refractivity contribution in [2.45, 2.75) is 55.0 Å². The van der Waals surface area contributed by atoms with Crippen molar-refractivity contribution >= 4 is 52.2 Å². The lowest BCUT2D eigenvalue weighted by Gasteiger charge is -2.42. The third kappa shape index (κ3) is 4.04. The fraction of sp³-hybridized carbons (Fsp3) is 0.500. The predicted molar refractivity (Wildman–Crippen MR) is 143 cm³/mol. The highest BCUT2D eigenvalue weighted by molar-refractivity contribution is 7.99. The van der Waals surface area contributed by atoms with Gasteiger partial charge in [0.2, 0.25) is 0 Å². The molecule has 0 aromatic carbocycles. The highest BCUT2D eigenvalue weighted by Crippen LogP contribution is 2.52. The summed E-state index contributed by atoms with van der Waals surface area (Å²) in [7, 11) is 0. The number of anilines is 3. The standard InChI is InChI=1S/C24H29ClN8S2/c1-14-21(33-10-5-24(6-11-33)12-15-18(19(24)26)34-13-29-15)31-20(27)23(30-14)35-16-4-7-28-22(17(16)25)32-8-2-3-9-32/h4,7,13,19H,2-3,5-6,8-12,26H2,1H3,(H2,27,31)/t19-/m1/s1. The first-order valence-corrected chi connectivity index (χ1v) is 14.2. The van der Waals surface area contributed by atoms with Crippen LogP contribution in [-0.2, 0) is 6.42 Å². The highest BCUT2D eigenvalue weighted by atomic mass is 35.5. The molecule has 1 atom stereocenters. The Balaban J connectivity index is 1.18. The zero-order chi connectivity index (χ0) is 24.2. The summed E-state index contributed by atoms with van der Waals surface area (Å²) in [5.41, 5.74) is 17.2. The monoisotopic (exact) mass is 528 g/mol. The van der Waals surface area contributed by atoms with E-state index in [-0.39, 0.29) is 11.5 Å². The second-order valence-corrected chi connectivity index (χ2v) is 12.0. The normalized spacial score (nSPS) is 21.2. The van der Waals surface area contributed by atoms with Gasteiger partial charge in [-0.25, -0.2) is 19.9 Å². The Morgan fingerprint density at radius 3 is 2.57 bits per heavy atom. The molecule has 1 aliphatic carbocycles. The molecule has 0 radical (unpaired) electrons. The first-order chi connectivity index (χ1) is 16.9. The number of nitrogens with zero attached hydrogens (tertiary/aromatic N) is 6. The van der Waals surface area contributed by atoms with E-state index in [9.17, 15) is 0 Å². The van der Waals surface area contributed by atoms with Gasteiger partial charge in [-0.2, -0.15) is 0 Å². The van der Waals surface area contributed by atoms with Crippen molar-refractivity contribution in [1.29, 1.82) is 0 Å². The molecule has 0 saturated carbocycles. The lowest BCUT2D eigenvalue weighted by Crippen LogP contribution is -2.45. The molecule has 4 N–H and O–H groups in total. The molecule has 3 aromatic heterocycles. The highest BCUT2D eigenvalue weighted by Gasteiger charge is 2.47. The van der Waals surface area contributed by atoms with E-state index in [1.165, 1.54) is 35.2 Å². The Morgan fingerprint density at radius 2 is 1.83 bits per heavy atom. The van der Waals surface area contributed by atoms with Crippen molar-refractivity contribution < 1.29 is 0 Å². The van der Waals surface area contributed by atoms with Crippen LogP contribution in [0.3, 0.4) is 0 Å². The van der Waals surface area contributed by atoms with Gasteiger partial charge in [0.25, 0.3) is 0 Å². The number of hydrogen-bond donors (Lipinski definition) is 2. The van der Waals surface area contributed by atoms with Crippen LogP contribution >= 0.6 is 34.7 Å². The lowest BCUT2D eigenvalue weighted by molar-refractivity contribution is 0.187. The fourth-order valence-electron chi connectivity index (χ4n) is 5.66. The van der Waals surface area contributed by atoms with Crippen LogP contribution in [0, 0.1) is 12.3 Å². The molecule has 5 heterocycles. The van der Waals surface area contributed by atoms with E-state index < -0.39 is 0 Å². The molecular weight excluding hydrogens is 500 g/mol. The van der Waals surface area contributed by atoms with Gasteiger partial charge in [-0.05, 0) is 50.5 Å². The number of thiazole rings is 1. The van der Waals surface area contributed by atoms with Crippen molar-refractivity contribution in [3.63, 3.8) is 0 Å². The van der Waals surface area contributed by atoms with Crippen LogP contribution in [0.5, 0.6) is 0 Å². The molecule has 0 amide bonds. The van der Waals surface area contributed by atoms with Crippen LogP contribution in [-0.4, -0.2) is 46.1 Å². The first-order valence-electron chi connectivity index (χ1n) is 12.1. The Bertz CT molecular complexity index is 1250. The average Bonchev–Trinajstić information content (AvgIpc) is 3.59. The van der Waals surface area contributed by atoms with Crippen molar-refractivity contribution in [2.24, 2.45) is 11.1 Å². The Hall–Kier alpha value is -2.14. The number of halogens is 1. The minimum absolute atomic E-state index is 0.0822. The lowest BCUT2D eigenvalue weighted by atomic mass is 9.74. The van der Waals surface area contributed by atoms with Gasteiger partial charge in [-0.1, -0.05) is 23.4 Å². The largest absolute Gasteiger partial charge is 0.381 e. The van der Waals surface area contributed by atoms with Gasteiger partial charge in [-0.3, -0.25) is 0 Å². The average molecular weight is 529 g/mol. The molecule has 2 fully saturated rings. The third-order valence-electron chi connectivity index (χ3n) is 7.68. The van der Waals surface area contributed by atoms with Gasteiger partial charge in [-0.15, -0.1) is 11.3 Å². The van der Waals surface area contributed by atoms with Crippen molar-refractivity contribution in [2.75, 3.05) is 41.7 Å². The van der Waals surface area contributed by atoms with E-state index in [4.69, 9.17) is 33.0 Å². The molecular formula is C24H29ClN8S2. The molecule has 6 rings (SSSR count). The molecule has 184 valence electrons. The zero-order valence-electron chi connectivity index (χ0n) is 19.7. The fourth-order valence-corrected chi connectivity index (χ4v) is 7.81. The topological polar surface area (TPSA) is 110 Å². The summed E-state index contributed by atoms with van der Waals surface area (Å²) in [4.78, 5) is 25.4. The van der Waals surface area contributed by atoms with E-state index in [2.05, 4.69) is 19.8 Å². The molecule has 3 aromatic rings. The van der Waals surface area contributed by atoms with E-state index in [0.717, 1.165) is 67.7 Å². The molecule has 2 saturated heterocycles. The molecule has 0 unspecified atom stereocenters.